The van der Waals surface area contributed by atoms with E-state index in [-0.39, 0.29) is 29.7 Å². The van der Waals surface area contributed by atoms with E-state index in [2.05, 4.69) is 10.6 Å². The minimum absolute atomic E-state index is 0. The summed E-state index contributed by atoms with van der Waals surface area (Å²) in [5.74, 6) is 2.45. The maximum atomic E-state index is 10.8. The maximum Gasteiger partial charge on any atom is 0.269 e. The van der Waals surface area contributed by atoms with Gasteiger partial charge in [-0.15, -0.1) is 24.0 Å². The minimum atomic E-state index is -0.404. The number of guanidine groups is 1. The van der Waals surface area contributed by atoms with Gasteiger partial charge >= 0.3 is 0 Å². The minimum Gasteiger partial charge on any atom is -0.493 e. The van der Waals surface area contributed by atoms with Gasteiger partial charge in [-0.25, -0.2) is 4.99 Å². The Kier molecular flexibility index (Phi) is 10.5. The number of halogens is 1. The molecule has 32 heavy (non-hydrogen) atoms. The molecule has 2 aromatic rings. The molecular weight excluding hydrogens is 527 g/mol. The molecule has 1 atom stereocenters. The van der Waals surface area contributed by atoms with Crippen molar-refractivity contribution in [1.29, 1.82) is 0 Å². The van der Waals surface area contributed by atoms with Gasteiger partial charge in [0, 0.05) is 37.7 Å². The zero-order valence-electron chi connectivity index (χ0n) is 18.2. The predicted octanol–water partition coefficient (Wildman–Crippen LogP) is 3.50. The first-order chi connectivity index (χ1) is 15.1. The molecule has 1 fully saturated rings. The second kappa shape index (κ2) is 13.1. The standard InChI is InChI=1S/C22H28N4O5.HI/c1-29-20-8-5-17(11-21(20)30-2)13-24-22(25-14-18-9-10-31-15-18)23-12-16-3-6-19(7-4-16)26(27)28;/h3-8,11,18H,9-10,12-15H2,1-2H3,(H2,23,24,25);1H. The lowest BCUT2D eigenvalue weighted by Gasteiger charge is -2.15. The highest BCUT2D eigenvalue weighted by Crippen LogP contribution is 2.27. The summed E-state index contributed by atoms with van der Waals surface area (Å²) in [6.07, 6.45) is 1.03. The third kappa shape index (κ3) is 7.52. The molecule has 0 aromatic heterocycles. The molecule has 1 saturated heterocycles. The van der Waals surface area contributed by atoms with E-state index < -0.39 is 4.92 Å². The number of nitro benzene ring substituents is 1. The highest BCUT2D eigenvalue weighted by Gasteiger charge is 2.16. The van der Waals surface area contributed by atoms with Crippen molar-refractivity contribution < 1.29 is 19.1 Å². The van der Waals surface area contributed by atoms with Gasteiger partial charge in [0.1, 0.15) is 0 Å². The number of ether oxygens (including phenoxy) is 3. The van der Waals surface area contributed by atoms with Gasteiger partial charge in [-0.3, -0.25) is 10.1 Å². The summed E-state index contributed by atoms with van der Waals surface area (Å²) in [7, 11) is 3.21. The third-order valence-corrected chi connectivity index (χ3v) is 5.06. The van der Waals surface area contributed by atoms with Crippen LogP contribution in [0.4, 0.5) is 5.69 Å². The molecule has 1 aliphatic rings. The number of non-ortho nitro benzene ring substituents is 1. The molecule has 0 radical (unpaired) electrons. The zero-order chi connectivity index (χ0) is 22.1. The van der Waals surface area contributed by atoms with Crippen molar-refractivity contribution in [2.24, 2.45) is 10.9 Å². The van der Waals surface area contributed by atoms with Crippen LogP contribution in [-0.4, -0.2) is 44.9 Å². The summed E-state index contributed by atoms with van der Waals surface area (Å²) in [6.45, 7) is 3.26. The summed E-state index contributed by atoms with van der Waals surface area (Å²) in [4.78, 5) is 15.1. The lowest BCUT2D eigenvalue weighted by molar-refractivity contribution is -0.384. The quantitative estimate of drug-likeness (QED) is 0.160. The summed E-state index contributed by atoms with van der Waals surface area (Å²) >= 11 is 0. The molecule has 0 amide bonds. The fraction of sp³-hybridized carbons (Fsp3) is 0.409. The Balaban J connectivity index is 0.00000363. The molecule has 2 N–H and O–H groups in total. The number of nitrogens with zero attached hydrogens (tertiary/aromatic N) is 2. The van der Waals surface area contributed by atoms with Crippen LogP contribution >= 0.6 is 24.0 Å². The number of methoxy groups -OCH3 is 2. The number of nitro groups is 1. The Morgan fingerprint density at radius 2 is 1.84 bits per heavy atom. The molecule has 0 aliphatic carbocycles. The molecule has 0 saturated carbocycles. The molecule has 0 bridgehead atoms. The third-order valence-electron chi connectivity index (χ3n) is 5.06. The van der Waals surface area contributed by atoms with Gasteiger partial charge in [-0.2, -0.15) is 0 Å². The van der Waals surface area contributed by atoms with E-state index in [1.54, 1.807) is 26.4 Å². The maximum absolute atomic E-state index is 10.8. The van der Waals surface area contributed by atoms with Crippen molar-refractivity contribution in [2.75, 3.05) is 34.0 Å². The lowest BCUT2D eigenvalue weighted by Crippen LogP contribution is -2.39. The monoisotopic (exact) mass is 556 g/mol. The summed E-state index contributed by atoms with van der Waals surface area (Å²) in [5, 5.41) is 17.5. The first-order valence-electron chi connectivity index (χ1n) is 10.1. The number of rotatable bonds is 9. The molecule has 1 unspecified atom stereocenters. The summed E-state index contributed by atoms with van der Waals surface area (Å²) in [6, 6.07) is 12.2. The largest absolute Gasteiger partial charge is 0.493 e. The number of hydrogen-bond donors (Lipinski definition) is 2. The van der Waals surface area contributed by atoms with Crippen LogP contribution in [-0.2, 0) is 17.8 Å². The first kappa shape index (κ1) is 25.7. The number of hydrogen-bond acceptors (Lipinski definition) is 6. The van der Waals surface area contributed by atoms with Crippen molar-refractivity contribution in [1.82, 2.24) is 10.6 Å². The van der Waals surface area contributed by atoms with Crippen molar-refractivity contribution in [3.8, 4) is 11.5 Å². The number of aliphatic imine (C=N–C) groups is 1. The molecule has 9 nitrogen and oxygen atoms in total. The van der Waals surface area contributed by atoms with E-state index in [4.69, 9.17) is 19.2 Å². The second-order valence-corrected chi connectivity index (χ2v) is 7.24. The molecule has 2 aromatic carbocycles. The average molecular weight is 556 g/mol. The Hall–Kier alpha value is -2.60. The van der Waals surface area contributed by atoms with Crippen molar-refractivity contribution in [3.05, 3.63) is 63.7 Å². The van der Waals surface area contributed by atoms with Crippen LogP contribution in [0.15, 0.2) is 47.5 Å². The summed E-state index contributed by atoms with van der Waals surface area (Å²) in [5.41, 5.74) is 1.99. The van der Waals surface area contributed by atoms with Gasteiger partial charge in [0.05, 0.1) is 32.3 Å². The highest BCUT2D eigenvalue weighted by molar-refractivity contribution is 14.0. The van der Waals surface area contributed by atoms with E-state index >= 15 is 0 Å². The molecule has 174 valence electrons. The smallest absolute Gasteiger partial charge is 0.269 e. The fourth-order valence-corrected chi connectivity index (χ4v) is 3.23. The van der Waals surface area contributed by atoms with Gasteiger partial charge in [0.2, 0.25) is 0 Å². The normalized spacial score (nSPS) is 15.6. The molecule has 0 spiro atoms. The van der Waals surface area contributed by atoms with E-state index in [0.29, 0.717) is 36.5 Å². The Morgan fingerprint density at radius 3 is 2.47 bits per heavy atom. The lowest BCUT2D eigenvalue weighted by atomic mass is 10.1. The Labute approximate surface area is 204 Å². The van der Waals surface area contributed by atoms with Gasteiger partial charge in [0.15, 0.2) is 17.5 Å². The number of benzene rings is 2. The van der Waals surface area contributed by atoms with Gasteiger partial charge < -0.3 is 24.8 Å². The van der Waals surface area contributed by atoms with Crippen LogP contribution in [0.2, 0.25) is 0 Å². The van der Waals surface area contributed by atoms with Crippen LogP contribution in [0.5, 0.6) is 11.5 Å². The fourth-order valence-electron chi connectivity index (χ4n) is 3.23. The van der Waals surface area contributed by atoms with E-state index in [1.807, 2.05) is 18.2 Å². The van der Waals surface area contributed by atoms with Crippen LogP contribution in [0.1, 0.15) is 17.5 Å². The van der Waals surface area contributed by atoms with Crippen molar-refractivity contribution in [3.63, 3.8) is 0 Å². The topological polar surface area (TPSA) is 107 Å². The molecule has 1 heterocycles. The SMILES string of the molecule is COc1ccc(CN=C(NCc2ccc([N+](=O)[O-])cc2)NCC2CCOC2)cc1OC.I. The molecule has 10 heteroatoms. The molecular formula is C22H29IN4O5. The van der Waals surface area contributed by atoms with Crippen molar-refractivity contribution >= 4 is 35.6 Å². The van der Waals surface area contributed by atoms with Crippen LogP contribution in [0, 0.1) is 16.0 Å². The van der Waals surface area contributed by atoms with Crippen LogP contribution < -0.4 is 20.1 Å². The zero-order valence-corrected chi connectivity index (χ0v) is 20.5. The van der Waals surface area contributed by atoms with E-state index in [0.717, 1.165) is 37.3 Å². The Bertz CT molecular complexity index is 902. The van der Waals surface area contributed by atoms with Crippen molar-refractivity contribution in [2.45, 2.75) is 19.5 Å². The van der Waals surface area contributed by atoms with E-state index in [9.17, 15) is 10.1 Å². The van der Waals surface area contributed by atoms with E-state index in [1.165, 1.54) is 12.1 Å². The van der Waals surface area contributed by atoms with Gasteiger partial charge in [0.25, 0.3) is 5.69 Å². The second-order valence-electron chi connectivity index (χ2n) is 7.24. The first-order valence-corrected chi connectivity index (χ1v) is 10.1. The Morgan fingerprint density at radius 1 is 1.12 bits per heavy atom. The average Bonchev–Trinajstić information content (AvgIpc) is 3.32. The predicted molar refractivity (Wildman–Crippen MR) is 133 cm³/mol. The number of nitrogens with one attached hydrogen (secondary N) is 2. The van der Waals surface area contributed by atoms with Crippen LogP contribution in [0.25, 0.3) is 0 Å². The highest BCUT2D eigenvalue weighted by atomic mass is 127. The molecule has 3 rings (SSSR count). The van der Waals surface area contributed by atoms with Gasteiger partial charge in [-0.1, -0.05) is 18.2 Å². The molecule has 1 aliphatic heterocycles. The summed E-state index contributed by atoms with van der Waals surface area (Å²) < 4.78 is 16.1. The van der Waals surface area contributed by atoms with Gasteiger partial charge in [-0.05, 0) is 29.7 Å². The van der Waals surface area contributed by atoms with Crippen LogP contribution in [0.3, 0.4) is 0 Å².